The van der Waals surface area contributed by atoms with Crippen LogP contribution in [0.4, 0.5) is 8.78 Å². The Balaban J connectivity index is 1.47. The maximum Gasteiger partial charge on any atom is 0.259 e. The molecular weight excluding hydrogens is 478 g/mol. The number of nitrogens with zero attached hydrogens (tertiary/aromatic N) is 2. The number of aliphatic hydroxyl groups is 1. The van der Waals surface area contributed by atoms with Crippen molar-refractivity contribution in [2.45, 2.75) is 31.9 Å². The Morgan fingerprint density at radius 1 is 0.865 bits per heavy atom. The fraction of sp³-hybridized carbons (Fsp3) is 0.286. The van der Waals surface area contributed by atoms with Gasteiger partial charge >= 0.3 is 0 Å². The van der Waals surface area contributed by atoms with Crippen molar-refractivity contribution < 1.29 is 23.5 Å². The zero-order valence-corrected chi connectivity index (χ0v) is 20.1. The largest absolute Gasteiger partial charge is 0.390 e. The molecule has 2 aliphatic rings. The third-order valence-electron chi connectivity index (χ3n) is 7.28. The second-order valence-electron chi connectivity index (χ2n) is 9.80. The highest BCUT2D eigenvalue weighted by molar-refractivity contribution is 6.50. The van der Waals surface area contributed by atoms with Crippen molar-refractivity contribution in [3.63, 3.8) is 0 Å². The van der Waals surface area contributed by atoms with Crippen LogP contribution in [0.3, 0.4) is 0 Å². The first-order chi connectivity index (χ1) is 17.9. The summed E-state index contributed by atoms with van der Waals surface area (Å²) >= 11 is 0. The average Bonchev–Trinajstić information content (AvgIpc) is 3.51. The number of carbonyl (C=O) groups excluding carboxylic acids is 2. The molecule has 190 valence electrons. The summed E-state index contributed by atoms with van der Waals surface area (Å²) in [5.74, 6) is -2.17. The van der Waals surface area contributed by atoms with Crippen molar-refractivity contribution in [2.75, 3.05) is 19.6 Å². The Morgan fingerprint density at radius 2 is 1.54 bits per heavy atom. The topological polar surface area (TPSA) is 90.4 Å². The first-order valence-electron chi connectivity index (χ1n) is 12.4. The molecule has 3 N–H and O–H groups in total. The second kappa shape index (κ2) is 9.24. The summed E-state index contributed by atoms with van der Waals surface area (Å²) in [4.78, 5) is 31.3. The molecular formula is C28H26F2N4O3. The molecule has 1 saturated heterocycles. The molecule has 37 heavy (non-hydrogen) atoms. The summed E-state index contributed by atoms with van der Waals surface area (Å²) < 4.78 is 30.2. The van der Waals surface area contributed by atoms with Crippen LogP contribution >= 0.6 is 0 Å². The number of halogens is 2. The Morgan fingerprint density at radius 3 is 2.30 bits per heavy atom. The van der Waals surface area contributed by atoms with Crippen LogP contribution in [-0.2, 0) is 16.1 Å². The van der Waals surface area contributed by atoms with Crippen molar-refractivity contribution >= 4 is 44.8 Å². The van der Waals surface area contributed by atoms with Gasteiger partial charge in [-0.1, -0.05) is 6.42 Å². The third kappa shape index (κ3) is 4.24. The molecule has 2 aliphatic heterocycles. The Hall–Kier alpha value is -3.82. The number of β-amino-alcohol motifs (C(OH)–C–C–N with tert-alkyl or cyclic N) is 1. The van der Waals surface area contributed by atoms with Crippen molar-refractivity contribution in [1.82, 2.24) is 19.8 Å². The molecule has 2 aromatic heterocycles. The Labute approximate surface area is 211 Å². The standard InChI is InChI=1S/C28H26F2N4O3/c29-16-4-6-23-19(10-16)21(12-31-23)25-26(28(37)32-27(25)36)22-15-34(24-7-5-17(30)11-20(22)24)14-18(35)13-33-8-2-1-3-9-33/h4-7,10-12,15,18,31,35H,1-3,8-9,13-14H2,(H,32,36,37). The van der Waals surface area contributed by atoms with Gasteiger partial charge in [-0.2, -0.15) is 0 Å². The van der Waals surface area contributed by atoms with Crippen LogP contribution in [0.2, 0.25) is 0 Å². The molecule has 2 aromatic carbocycles. The van der Waals surface area contributed by atoms with Gasteiger partial charge in [-0.05, 0) is 62.3 Å². The number of fused-ring (bicyclic) bond motifs is 2. The molecule has 4 aromatic rings. The molecule has 6 rings (SSSR count). The molecule has 0 aliphatic carbocycles. The normalized spacial score (nSPS) is 17.8. The summed E-state index contributed by atoms with van der Waals surface area (Å²) in [7, 11) is 0. The highest BCUT2D eigenvalue weighted by atomic mass is 19.1. The van der Waals surface area contributed by atoms with E-state index in [0.717, 1.165) is 25.9 Å². The van der Waals surface area contributed by atoms with E-state index in [-0.39, 0.29) is 17.7 Å². The van der Waals surface area contributed by atoms with Crippen LogP contribution in [0, 0.1) is 11.6 Å². The third-order valence-corrected chi connectivity index (χ3v) is 7.28. The predicted molar refractivity (Wildman–Crippen MR) is 136 cm³/mol. The van der Waals surface area contributed by atoms with E-state index in [4.69, 9.17) is 0 Å². The number of carbonyl (C=O) groups is 2. The number of H-pyrrole nitrogens is 1. The fourth-order valence-corrected chi connectivity index (χ4v) is 5.61. The zero-order valence-electron chi connectivity index (χ0n) is 20.1. The van der Waals surface area contributed by atoms with Gasteiger partial charge in [0.15, 0.2) is 0 Å². The highest BCUT2D eigenvalue weighted by Crippen LogP contribution is 2.38. The molecule has 1 fully saturated rings. The van der Waals surface area contributed by atoms with Crippen LogP contribution in [0.25, 0.3) is 33.0 Å². The van der Waals surface area contributed by atoms with Gasteiger partial charge in [-0.15, -0.1) is 0 Å². The minimum Gasteiger partial charge on any atom is -0.390 e. The number of nitrogens with one attached hydrogen (secondary N) is 2. The van der Waals surface area contributed by atoms with Crippen LogP contribution in [0.1, 0.15) is 30.4 Å². The van der Waals surface area contributed by atoms with E-state index in [9.17, 15) is 23.5 Å². The van der Waals surface area contributed by atoms with Gasteiger partial charge in [0.1, 0.15) is 11.6 Å². The Bertz CT molecular complexity index is 1580. The lowest BCUT2D eigenvalue weighted by molar-refractivity contribution is -0.122. The van der Waals surface area contributed by atoms with Crippen molar-refractivity contribution in [1.29, 1.82) is 0 Å². The number of imide groups is 1. The van der Waals surface area contributed by atoms with Gasteiger partial charge in [0.2, 0.25) is 0 Å². The summed E-state index contributed by atoms with van der Waals surface area (Å²) in [5, 5.41) is 14.1. The van der Waals surface area contributed by atoms with Crippen LogP contribution < -0.4 is 5.32 Å². The van der Waals surface area contributed by atoms with E-state index in [1.807, 2.05) is 0 Å². The second-order valence-corrected chi connectivity index (χ2v) is 9.80. The van der Waals surface area contributed by atoms with Crippen LogP contribution in [-0.4, -0.2) is 57.1 Å². The fourth-order valence-electron chi connectivity index (χ4n) is 5.61. The lowest BCUT2D eigenvalue weighted by Gasteiger charge is -2.28. The van der Waals surface area contributed by atoms with E-state index < -0.39 is 29.6 Å². The molecule has 4 heterocycles. The average molecular weight is 505 g/mol. The van der Waals surface area contributed by atoms with Gasteiger partial charge in [0.25, 0.3) is 11.8 Å². The molecule has 0 bridgehead atoms. The van der Waals surface area contributed by atoms with Gasteiger partial charge in [0, 0.05) is 58.4 Å². The summed E-state index contributed by atoms with van der Waals surface area (Å²) in [5.41, 5.74) is 2.20. The minimum absolute atomic E-state index is 0.0926. The number of hydrogen-bond donors (Lipinski definition) is 3. The van der Waals surface area contributed by atoms with Gasteiger partial charge < -0.3 is 19.6 Å². The highest BCUT2D eigenvalue weighted by Gasteiger charge is 2.35. The maximum absolute atomic E-state index is 14.4. The molecule has 2 amide bonds. The first-order valence-corrected chi connectivity index (χ1v) is 12.4. The SMILES string of the molecule is O=C1NC(=O)C(c2cn(CC(O)CN3CCCCC3)c3ccc(F)cc23)=C1c1c[nH]c2ccc(F)cc12. The number of likely N-dealkylation sites (tertiary alicyclic amines) is 1. The number of amides is 2. The predicted octanol–water partition coefficient (Wildman–Crippen LogP) is 3.81. The van der Waals surface area contributed by atoms with E-state index in [0.29, 0.717) is 39.5 Å². The lowest BCUT2D eigenvalue weighted by atomic mass is 9.95. The number of aliphatic hydroxyl groups excluding tert-OH is 1. The van der Waals surface area contributed by atoms with Crippen LogP contribution in [0.5, 0.6) is 0 Å². The van der Waals surface area contributed by atoms with Gasteiger partial charge in [0.05, 0.1) is 17.3 Å². The van der Waals surface area contributed by atoms with E-state index in [2.05, 4.69) is 15.2 Å². The summed E-state index contributed by atoms with van der Waals surface area (Å²) in [6, 6.07) is 8.45. The van der Waals surface area contributed by atoms with Crippen LogP contribution in [0.15, 0.2) is 48.8 Å². The quantitative estimate of drug-likeness (QED) is 0.349. The zero-order chi connectivity index (χ0) is 25.7. The maximum atomic E-state index is 14.4. The molecule has 7 nitrogen and oxygen atoms in total. The van der Waals surface area contributed by atoms with E-state index in [1.165, 1.54) is 30.7 Å². The molecule has 1 unspecified atom stereocenters. The Kier molecular flexibility index (Phi) is 5.89. The van der Waals surface area contributed by atoms with Crippen molar-refractivity contribution in [3.8, 4) is 0 Å². The molecule has 0 spiro atoms. The number of aromatic amines is 1. The summed E-state index contributed by atoms with van der Waals surface area (Å²) in [6.45, 7) is 2.66. The van der Waals surface area contributed by atoms with Crippen molar-refractivity contribution in [2.24, 2.45) is 0 Å². The smallest absolute Gasteiger partial charge is 0.259 e. The van der Waals surface area contributed by atoms with E-state index in [1.54, 1.807) is 29.1 Å². The van der Waals surface area contributed by atoms with Gasteiger partial charge in [-0.3, -0.25) is 14.9 Å². The molecule has 1 atom stereocenters. The molecule has 0 saturated carbocycles. The number of hydrogen-bond acceptors (Lipinski definition) is 4. The number of benzene rings is 2. The number of piperidine rings is 1. The van der Waals surface area contributed by atoms with Crippen molar-refractivity contribution in [3.05, 3.63) is 71.6 Å². The minimum atomic E-state index is -0.671. The lowest BCUT2D eigenvalue weighted by Crippen LogP contribution is -2.37. The van der Waals surface area contributed by atoms with Gasteiger partial charge in [-0.25, -0.2) is 8.78 Å². The first kappa shape index (κ1) is 23.6. The molecule has 9 heteroatoms. The number of rotatable bonds is 6. The molecule has 0 radical (unpaired) electrons. The monoisotopic (exact) mass is 504 g/mol. The van der Waals surface area contributed by atoms with E-state index >= 15 is 0 Å². The number of aromatic nitrogens is 2. The summed E-state index contributed by atoms with van der Waals surface area (Å²) in [6.07, 6.45) is 6.01.